The van der Waals surface area contributed by atoms with Crippen LogP contribution in [-0.2, 0) is 11.2 Å². The summed E-state index contributed by atoms with van der Waals surface area (Å²) in [4.78, 5) is 14.9. The van der Waals surface area contributed by atoms with Crippen LogP contribution in [0.15, 0.2) is 30.5 Å². The first kappa shape index (κ1) is 12.7. The van der Waals surface area contributed by atoms with Crippen molar-refractivity contribution in [2.45, 2.75) is 26.7 Å². The van der Waals surface area contributed by atoms with E-state index in [1.54, 1.807) is 0 Å². The first-order chi connectivity index (χ1) is 8.72. The van der Waals surface area contributed by atoms with Crippen molar-refractivity contribution in [3.8, 4) is 0 Å². The molecule has 2 rings (SSSR count). The molecule has 0 aliphatic heterocycles. The molecule has 0 aliphatic carbocycles. The highest BCUT2D eigenvalue weighted by molar-refractivity contribution is 5.83. The zero-order valence-corrected chi connectivity index (χ0v) is 11.0. The molecular formula is C15H20N2O. The number of nitrogens with one attached hydrogen (secondary N) is 2. The minimum absolute atomic E-state index is 0.105. The topological polar surface area (TPSA) is 44.9 Å². The van der Waals surface area contributed by atoms with Gasteiger partial charge >= 0.3 is 0 Å². The van der Waals surface area contributed by atoms with Crippen molar-refractivity contribution >= 4 is 16.8 Å². The number of fused-ring (bicyclic) bond motifs is 1. The first-order valence-corrected chi connectivity index (χ1v) is 6.55. The van der Waals surface area contributed by atoms with Crippen LogP contribution in [0.25, 0.3) is 10.9 Å². The zero-order valence-electron chi connectivity index (χ0n) is 11.0. The third-order valence-corrected chi connectivity index (χ3v) is 3.43. The van der Waals surface area contributed by atoms with E-state index >= 15 is 0 Å². The highest BCUT2D eigenvalue weighted by Crippen LogP contribution is 2.17. The normalized spacial score (nSPS) is 12.6. The van der Waals surface area contributed by atoms with Crippen molar-refractivity contribution in [2.24, 2.45) is 5.92 Å². The number of carbonyl (C=O) groups excluding carboxylic acids is 1. The number of carbonyl (C=O) groups is 1. The summed E-state index contributed by atoms with van der Waals surface area (Å²) in [6.07, 6.45) is 3.78. The fourth-order valence-electron chi connectivity index (χ4n) is 2.02. The van der Waals surface area contributed by atoms with Crippen molar-refractivity contribution in [1.29, 1.82) is 0 Å². The summed E-state index contributed by atoms with van der Waals surface area (Å²) in [6, 6.07) is 8.24. The lowest BCUT2D eigenvalue weighted by atomic mass is 10.1. The minimum atomic E-state index is 0.105. The Kier molecular flexibility index (Phi) is 4.03. The molecule has 1 unspecified atom stereocenters. The molecule has 1 aromatic carbocycles. The fraction of sp³-hybridized carbons (Fsp3) is 0.400. The molecular weight excluding hydrogens is 224 g/mol. The predicted octanol–water partition coefficient (Wildman–Crippen LogP) is 2.87. The molecule has 2 N–H and O–H groups in total. The van der Waals surface area contributed by atoms with Gasteiger partial charge in [-0.05, 0) is 24.5 Å². The smallest absolute Gasteiger partial charge is 0.222 e. The van der Waals surface area contributed by atoms with Crippen LogP contribution in [0.3, 0.4) is 0 Å². The van der Waals surface area contributed by atoms with Gasteiger partial charge in [-0.2, -0.15) is 0 Å². The second-order valence-corrected chi connectivity index (χ2v) is 4.71. The first-order valence-electron chi connectivity index (χ1n) is 6.55. The summed E-state index contributed by atoms with van der Waals surface area (Å²) in [6.45, 7) is 4.69. The molecule has 0 radical (unpaired) electrons. The number of hydrogen-bond donors (Lipinski definition) is 2. The van der Waals surface area contributed by atoms with E-state index in [0.29, 0.717) is 6.54 Å². The lowest BCUT2D eigenvalue weighted by Gasteiger charge is -2.09. The Bertz CT molecular complexity index is 530. The van der Waals surface area contributed by atoms with Crippen LogP contribution in [-0.4, -0.2) is 17.4 Å². The molecule has 1 aromatic heterocycles. The van der Waals surface area contributed by atoms with E-state index in [-0.39, 0.29) is 11.8 Å². The van der Waals surface area contributed by atoms with Gasteiger partial charge in [0.25, 0.3) is 0 Å². The standard InChI is InChI=1S/C15H20N2O/c1-3-11(2)15(18)16-9-8-12-10-17-14-7-5-4-6-13(12)14/h4-7,10-11,17H,3,8-9H2,1-2H3,(H,16,18). The molecule has 0 aliphatic rings. The number of aromatic amines is 1. The van der Waals surface area contributed by atoms with Gasteiger partial charge in [-0.1, -0.05) is 32.0 Å². The van der Waals surface area contributed by atoms with E-state index in [9.17, 15) is 4.79 Å². The molecule has 1 amide bonds. The average Bonchev–Trinajstić information content (AvgIpc) is 2.81. The van der Waals surface area contributed by atoms with Crippen LogP contribution in [0, 0.1) is 5.92 Å². The molecule has 1 heterocycles. The maximum Gasteiger partial charge on any atom is 0.222 e. The lowest BCUT2D eigenvalue weighted by molar-refractivity contribution is -0.124. The quantitative estimate of drug-likeness (QED) is 0.834. The van der Waals surface area contributed by atoms with Gasteiger partial charge in [-0.25, -0.2) is 0 Å². The molecule has 0 bridgehead atoms. The van der Waals surface area contributed by atoms with E-state index in [1.807, 2.05) is 32.2 Å². The number of H-pyrrole nitrogens is 1. The number of amides is 1. The molecule has 0 saturated carbocycles. The molecule has 0 saturated heterocycles. The van der Waals surface area contributed by atoms with Crippen LogP contribution in [0.1, 0.15) is 25.8 Å². The van der Waals surface area contributed by atoms with Gasteiger partial charge in [0.15, 0.2) is 0 Å². The van der Waals surface area contributed by atoms with E-state index < -0.39 is 0 Å². The lowest BCUT2D eigenvalue weighted by Crippen LogP contribution is -2.30. The van der Waals surface area contributed by atoms with Crippen molar-refractivity contribution in [2.75, 3.05) is 6.54 Å². The molecule has 2 aromatic rings. The van der Waals surface area contributed by atoms with Gasteiger partial charge in [0, 0.05) is 29.6 Å². The fourth-order valence-corrected chi connectivity index (χ4v) is 2.02. The second kappa shape index (κ2) is 5.71. The maximum atomic E-state index is 11.6. The number of hydrogen-bond acceptors (Lipinski definition) is 1. The van der Waals surface area contributed by atoms with Gasteiger partial charge < -0.3 is 10.3 Å². The predicted molar refractivity (Wildman–Crippen MR) is 74.5 cm³/mol. The van der Waals surface area contributed by atoms with Crippen LogP contribution in [0.5, 0.6) is 0 Å². The zero-order chi connectivity index (χ0) is 13.0. The number of aromatic nitrogens is 1. The number of benzene rings is 1. The molecule has 1 atom stereocenters. The third-order valence-electron chi connectivity index (χ3n) is 3.43. The summed E-state index contributed by atoms with van der Waals surface area (Å²) < 4.78 is 0. The Morgan fingerprint density at radius 2 is 2.17 bits per heavy atom. The monoisotopic (exact) mass is 244 g/mol. The van der Waals surface area contributed by atoms with Crippen LogP contribution < -0.4 is 5.32 Å². The Labute approximate surface area is 108 Å². The Hall–Kier alpha value is -1.77. The van der Waals surface area contributed by atoms with Gasteiger partial charge in [-0.3, -0.25) is 4.79 Å². The summed E-state index contributed by atoms with van der Waals surface area (Å²) in [7, 11) is 0. The van der Waals surface area contributed by atoms with E-state index in [4.69, 9.17) is 0 Å². The average molecular weight is 244 g/mol. The van der Waals surface area contributed by atoms with Crippen molar-refractivity contribution in [3.05, 3.63) is 36.0 Å². The molecule has 0 spiro atoms. The molecule has 3 heteroatoms. The van der Waals surface area contributed by atoms with Crippen molar-refractivity contribution < 1.29 is 4.79 Å². The third kappa shape index (κ3) is 2.73. The highest BCUT2D eigenvalue weighted by atomic mass is 16.1. The van der Waals surface area contributed by atoms with E-state index in [0.717, 1.165) is 18.4 Å². The van der Waals surface area contributed by atoms with Gasteiger partial charge in [-0.15, -0.1) is 0 Å². The summed E-state index contributed by atoms with van der Waals surface area (Å²) >= 11 is 0. The SMILES string of the molecule is CCC(C)C(=O)NCCc1c[nH]c2ccccc12. The molecule has 3 nitrogen and oxygen atoms in total. The van der Waals surface area contributed by atoms with Crippen LogP contribution in [0.4, 0.5) is 0 Å². The van der Waals surface area contributed by atoms with Gasteiger partial charge in [0.2, 0.25) is 5.91 Å². The highest BCUT2D eigenvalue weighted by Gasteiger charge is 2.09. The van der Waals surface area contributed by atoms with Crippen LogP contribution >= 0.6 is 0 Å². The van der Waals surface area contributed by atoms with E-state index in [2.05, 4.69) is 22.4 Å². The van der Waals surface area contributed by atoms with E-state index in [1.165, 1.54) is 10.9 Å². The second-order valence-electron chi connectivity index (χ2n) is 4.71. The molecule has 0 fully saturated rings. The Balaban J connectivity index is 1.93. The van der Waals surface area contributed by atoms with Gasteiger partial charge in [0.1, 0.15) is 0 Å². The summed E-state index contributed by atoms with van der Waals surface area (Å²) in [5.74, 6) is 0.255. The molecule has 18 heavy (non-hydrogen) atoms. The summed E-state index contributed by atoms with van der Waals surface area (Å²) in [5, 5.41) is 4.23. The summed E-state index contributed by atoms with van der Waals surface area (Å²) in [5.41, 5.74) is 2.41. The number of rotatable bonds is 5. The number of para-hydroxylation sites is 1. The van der Waals surface area contributed by atoms with Gasteiger partial charge in [0.05, 0.1) is 0 Å². The molecule has 96 valence electrons. The van der Waals surface area contributed by atoms with Crippen molar-refractivity contribution in [3.63, 3.8) is 0 Å². The Morgan fingerprint density at radius 3 is 2.94 bits per heavy atom. The van der Waals surface area contributed by atoms with Crippen molar-refractivity contribution in [1.82, 2.24) is 10.3 Å². The minimum Gasteiger partial charge on any atom is -0.361 e. The Morgan fingerprint density at radius 1 is 1.39 bits per heavy atom. The largest absolute Gasteiger partial charge is 0.361 e. The maximum absolute atomic E-state index is 11.6. The van der Waals surface area contributed by atoms with Crippen LogP contribution in [0.2, 0.25) is 0 Å².